The smallest absolute Gasteiger partial charge is 0.164 e. The van der Waals surface area contributed by atoms with Crippen molar-refractivity contribution >= 4 is 54.3 Å². The molecule has 0 unspecified atom stereocenters. The second-order valence-corrected chi connectivity index (χ2v) is 10.8. The summed E-state index contributed by atoms with van der Waals surface area (Å²) in [4.78, 5) is 15.2. The van der Waals surface area contributed by atoms with Gasteiger partial charge in [0.2, 0.25) is 0 Å². The van der Waals surface area contributed by atoms with Gasteiger partial charge in [-0.05, 0) is 50.5 Å². The van der Waals surface area contributed by atoms with Crippen molar-refractivity contribution in [2.24, 2.45) is 0 Å². The van der Waals surface area contributed by atoms with Crippen LogP contribution in [0.3, 0.4) is 0 Å². The Morgan fingerprint density at radius 1 is 0.372 bits per heavy atom. The first kappa shape index (κ1) is 23.8. The maximum atomic E-state index is 6.19. The molecule has 2 heterocycles. The number of hydrogen-bond acceptors (Lipinski definition) is 4. The number of rotatable bonds is 3. The lowest BCUT2D eigenvalue weighted by atomic mass is 9.98. The minimum absolute atomic E-state index is 0.633. The monoisotopic (exact) mass is 549 g/mol. The summed E-state index contributed by atoms with van der Waals surface area (Å²) < 4.78 is 6.19. The van der Waals surface area contributed by atoms with E-state index >= 15 is 0 Å². The molecule has 4 heteroatoms. The van der Waals surface area contributed by atoms with Gasteiger partial charge < -0.3 is 4.42 Å². The van der Waals surface area contributed by atoms with Gasteiger partial charge in [-0.3, -0.25) is 0 Å². The van der Waals surface area contributed by atoms with Crippen molar-refractivity contribution in [3.8, 4) is 34.2 Å². The highest BCUT2D eigenvalue weighted by atomic mass is 16.3. The highest BCUT2D eigenvalue weighted by molar-refractivity contribution is 6.19. The van der Waals surface area contributed by atoms with Crippen LogP contribution in [-0.2, 0) is 0 Å². The molecule has 0 aliphatic heterocycles. The normalized spacial score (nSPS) is 11.7. The third-order valence-corrected chi connectivity index (χ3v) is 8.31. The fourth-order valence-corrected chi connectivity index (χ4v) is 6.26. The molecule has 9 rings (SSSR count). The molecule has 43 heavy (non-hydrogen) atoms. The van der Waals surface area contributed by atoms with E-state index in [4.69, 9.17) is 19.4 Å². The Hall–Kier alpha value is -5.87. The highest BCUT2D eigenvalue weighted by Gasteiger charge is 2.16. The molecular formula is C39H23N3O. The van der Waals surface area contributed by atoms with E-state index in [0.29, 0.717) is 17.5 Å². The van der Waals surface area contributed by atoms with Gasteiger partial charge in [0, 0.05) is 27.5 Å². The molecule has 7 aromatic carbocycles. The zero-order chi connectivity index (χ0) is 28.3. The van der Waals surface area contributed by atoms with Crippen LogP contribution in [0, 0.1) is 0 Å². The number of aromatic nitrogens is 3. The Kier molecular flexibility index (Phi) is 5.16. The average Bonchev–Trinajstić information content (AvgIpc) is 3.47. The molecule has 0 saturated heterocycles. The van der Waals surface area contributed by atoms with Gasteiger partial charge in [0.25, 0.3) is 0 Å². The molecule has 0 fully saturated rings. The first-order valence-electron chi connectivity index (χ1n) is 14.4. The van der Waals surface area contributed by atoms with Crippen LogP contribution in [0.25, 0.3) is 88.4 Å². The summed E-state index contributed by atoms with van der Waals surface area (Å²) in [6, 6.07) is 48.1. The Morgan fingerprint density at radius 3 is 1.95 bits per heavy atom. The SMILES string of the molecule is c1ccc(-c2nc(-c3ccc4ccc5oc6ccccc6c5c4c3)nc(-c3cccc4c3ccc3ccccc34)n2)cc1. The summed E-state index contributed by atoms with van der Waals surface area (Å²) in [5, 5.41) is 9.17. The van der Waals surface area contributed by atoms with Crippen LogP contribution in [0.1, 0.15) is 0 Å². The number of fused-ring (bicyclic) bond motifs is 8. The van der Waals surface area contributed by atoms with Crippen LogP contribution in [0.5, 0.6) is 0 Å². The van der Waals surface area contributed by atoms with Crippen LogP contribution in [0.15, 0.2) is 144 Å². The van der Waals surface area contributed by atoms with Gasteiger partial charge in [0.15, 0.2) is 17.5 Å². The number of furan rings is 1. The summed E-state index contributed by atoms with van der Waals surface area (Å²) in [6.45, 7) is 0. The van der Waals surface area contributed by atoms with Gasteiger partial charge in [-0.15, -0.1) is 0 Å². The lowest BCUT2D eigenvalue weighted by Gasteiger charge is -2.12. The molecule has 0 spiro atoms. The van der Waals surface area contributed by atoms with E-state index in [1.165, 1.54) is 16.2 Å². The molecule has 0 amide bonds. The summed E-state index contributed by atoms with van der Waals surface area (Å²) in [5.74, 6) is 1.93. The molecule has 0 atom stereocenters. The Labute approximate surface area is 246 Å². The van der Waals surface area contributed by atoms with E-state index in [1.54, 1.807) is 0 Å². The zero-order valence-corrected chi connectivity index (χ0v) is 23.0. The topological polar surface area (TPSA) is 51.8 Å². The third kappa shape index (κ3) is 3.81. The Balaban J connectivity index is 1.31. The molecule has 0 N–H and O–H groups in total. The van der Waals surface area contributed by atoms with E-state index in [9.17, 15) is 0 Å². The first-order chi connectivity index (χ1) is 21.3. The average molecular weight is 550 g/mol. The lowest BCUT2D eigenvalue weighted by molar-refractivity contribution is 0.669. The van der Waals surface area contributed by atoms with Crippen molar-refractivity contribution in [2.75, 3.05) is 0 Å². The molecule has 0 aliphatic rings. The number of hydrogen-bond donors (Lipinski definition) is 0. The maximum absolute atomic E-state index is 6.19. The molecule has 4 nitrogen and oxygen atoms in total. The second kappa shape index (κ2) is 9.33. The fraction of sp³-hybridized carbons (Fsp3) is 0. The predicted molar refractivity (Wildman–Crippen MR) is 176 cm³/mol. The molecule has 200 valence electrons. The van der Waals surface area contributed by atoms with Gasteiger partial charge >= 0.3 is 0 Å². The van der Waals surface area contributed by atoms with Crippen molar-refractivity contribution in [2.45, 2.75) is 0 Å². The summed E-state index contributed by atoms with van der Waals surface area (Å²) >= 11 is 0. The summed E-state index contributed by atoms with van der Waals surface area (Å²) in [5.41, 5.74) is 4.61. The molecule has 0 bridgehead atoms. The molecule has 9 aromatic rings. The van der Waals surface area contributed by atoms with Crippen molar-refractivity contribution < 1.29 is 4.42 Å². The van der Waals surface area contributed by atoms with Gasteiger partial charge in [-0.1, -0.05) is 121 Å². The zero-order valence-electron chi connectivity index (χ0n) is 23.0. The second-order valence-electron chi connectivity index (χ2n) is 10.8. The van der Waals surface area contributed by atoms with Crippen molar-refractivity contribution in [1.29, 1.82) is 0 Å². The lowest BCUT2D eigenvalue weighted by Crippen LogP contribution is -2.00. The largest absolute Gasteiger partial charge is 0.456 e. The van der Waals surface area contributed by atoms with E-state index in [0.717, 1.165) is 54.8 Å². The molecule has 0 saturated carbocycles. The first-order valence-corrected chi connectivity index (χ1v) is 14.4. The minimum Gasteiger partial charge on any atom is -0.456 e. The van der Waals surface area contributed by atoms with Crippen molar-refractivity contribution in [3.63, 3.8) is 0 Å². The number of para-hydroxylation sites is 1. The van der Waals surface area contributed by atoms with Crippen LogP contribution in [0.2, 0.25) is 0 Å². The summed E-state index contributed by atoms with van der Waals surface area (Å²) in [7, 11) is 0. The molecular weight excluding hydrogens is 526 g/mol. The standard InChI is InChI=1S/C39H23N3O/c1-2-10-26(11-3-1)37-40-38(27-18-17-25-20-22-35-36(33(25)23-27)32-13-6-7-16-34(32)43-35)42-39(41-37)31-15-8-14-29-28-12-5-4-9-24(28)19-21-30(29)31/h1-23H. The quantitative estimate of drug-likeness (QED) is 0.206. The van der Waals surface area contributed by atoms with Crippen LogP contribution in [0.4, 0.5) is 0 Å². The Bertz CT molecular complexity index is 2510. The van der Waals surface area contributed by atoms with Gasteiger partial charge in [0.05, 0.1) is 0 Å². The fourth-order valence-electron chi connectivity index (χ4n) is 6.26. The van der Waals surface area contributed by atoms with Crippen molar-refractivity contribution in [1.82, 2.24) is 15.0 Å². The van der Waals surface area contributed by atoms with Gasteiger partial charge in [-0.2, -0.15) is 0 Å². The molecule has 0 radical (unpaired) electrons. The molecule has 2 aromatic heterocycles. The van der Waals surface area contributed by atoms with Crippen molar-refractivity contribution in [3.05, 3.63) is 140 Å². The maximum Gasteiger partial charge on any atom is 0.164 e. The minimum atomic E-state index is 0.633. The van der Waals surface area contributed by atoms with E-state index in [-0.39, 0.29) is 0 Å². The van der Waals surface area contributed by atoms with E-state index < -0.39 is 0 Å². The van der Waals surface area contributed by atoms with Crippen LogP contribution < -0.4 is 0 Å². The summed E-state index contributed by atoms with van der Waals surface area (Å²) in [6.07, 6.45) is 0. The highest BCUT2D eigenvalue weighted by Crippen LogP contribution is 2.37. The predicted octanol–water partition coefficient (Wildman–Crippen LogP) is 10.2. The van der Waals surface area contributed by atoms with E-state index in [1.807, 2.05) is 42.5 Å². The van der Waals surface area contributed by atoms with Crippen LogP contribution >= 0.6 is 0 Å². The Morgan fingerprint density at radius 2 is 1.05 bits per heavy atom. The van der Waals surface area contributed by atoms with Crippen LogP contribution in [-0.4, -0.2) is 15.0 Å². The number of nitrogens with zero attached hydrogens (tertiary/aromatic N) is 3. The van der Waals surface area contributed by atoms with Gasteiger partial charge in [-0.25, -0.2) is 15.0 Å². The molecule has 0 aliphatic carbocycles. The number of benzene rings is 7. The van der Waals surface area contributed by atoms with E-state index in [2.05, 4.69) is 97.1 Å². The van der Waals surface area contributed by atoms with Gasteiger partial charge in [0.1, 0.15) is 11.2 Å². The third-order valence-electron chi connectivity index (χ3n) is 8.31.